The van der Waals surface area contributed by atoms with Crippen molar-refractivity contribution >= 4 is 11.6 Å². The molecule has 0 aliphatic heterocycles. The van der Waals surface area contributed by atoms with Crippen LogP contribution in [0.15, 0.2) is 71.9 Å². The molecule has 164 valence electrons. The van der Waals surface area contributed by atoms with Crippen LogP contribution in [0.3, 0.4) is 0 Å². The number of pyridine rings is 2. The zero-order chi connectivity index (χ0) is 22.9. The van der Waals surface area contributed by atoms with Gasteiger partial charge in [0.2, 0.25) is 5.95 Å². The van der Waals surface area contributed by atoms with Gasteiger partial charge in [-0.2, -0.15) is 9.61 Å². The molecule has 0 fully saturated rings. The second-order valence-corrected chi connectivity index (χ2v) is 8.06. The van der Waals surface area contributed by atoms with Gasteiger partial charge in [-0.1, -0.05) is 18.2 Å². The molecular formula is C25H23N7O. The number of anilines is 1. The Kier molecular flexibility index (Phi) is 5.18. The number of aryl methyl sites for hydroxylation is 3. The van der Waals surface area contributed by atoms with Crippen LogP contribution < -0.4 is 10.9 Å². The molecule has 0 atom stereocenters. The summed E-state index contributed by atoms with van der Waals surface area (Å²) in [7, 11) is 1.73. The van der Waals surface area contributed by atoms with Crippen LogP contribution in [-0.2, 0) is 13.6 Å². The van der Waals surface area contributed by atoms with Gasteiger partial charge in [-0.15, -0.1) is 10.2 Å². The molecule has 4 heterocycles. The highest BCUT2D eigenvalue weighted by Gasteiger charge is 2.11. The van der Waals surface area contributed by atoms with Crippen molar-refractivity contribution < 1.29 is 0 Å². The molecule has 0 amide bonds. The number of nitrogens with zero attached hydrogens (tertiary/aromatic N) is 6. The molecule has 1 aromatic carbocycles. The summed E-state index contributed by atoms with van der Waals surface area (Å²) < 4.78 is 3.18. The maximum absolute atomic E-state index is 12.4. The molecule has 0 aliphatic carbocycles. The number of aromatic nitrogens is 6. The minimum atomic E-state index is -0.0812. The fourth-order valence-electron chi connectivity index (χ4n) is 3.92. The molecule has 0 saturated carbocycles. The van der Waals surface area contributed by atoms with E-state index in [2.05, 4.69) is 56.8 Å². The van der Waals surface area contributed by atoms with E-state index in [4.69, 9.17) is 0 Å². The number of benzene rings is 1. The fraction of sp³-hybridized carbons (Fsp3) is 0.160. The Labute approximate surface area is 190 Å². The monoisotopic (exact) mass is 437 g/mol. The first-order chi connectivity index (χ1) is 16.0. The van der Waals surface area contributed by atoms with E-state index >= 15 is 0 Å². The number of fused-ring (bicyclic) bond motifs is 1. The molecule has 5 aromatic rings. The van der Waals surface area contributed by atoms with Gasteiger partial charge in [-0.3, -0.25) is 9.78 Å². The van der Waals surface area contributed by atoms with Crippen LogP contribution in [0.2, 0.25) is 0 Å². The van der Waals surface area contributed by atoms with Gasteiger partial charge in [0.05, 0.1) is 6.20 Å². The quantitative estimate of drug-likeness (QED) is 0.450. The first kappa shape index (κ1) is 20.6. The van der Waals surface area contributed by atoms with Gasteiger partial charge in [0.1, 0.15) is 0 Å². The van der Waals surface area contributed by atoms with E-state index in [1.807, 2.05) is 31.3 Å². The average molecular weight is 438 g/mol. The van der Waals surface area contributed by atoms with Crippen LogP contribution in [0, 0.1) is 13.8 Å². The first-order valence-electron chi connectivity index (χ1n) is 10.6. The predicted octanol–water partition coefficient (Wildman–Crippen LogP) is 3.78. The Morgan fingerprint density at radius 1 is 0.970 bits per heavy atom. The van der Waals surface area contributed by atoms with Crippen LogP contribution in [0.4, 0.5) is 5.95 Å². The summed E-state index contributed by atoms with van der Waals surface area (Å²) in [6, 6.07) is 16.0. The van der Waals surface area contributed by atoms with Crippen molar-refractivity contribution in [3.63, 3.8) is 0 Å². The van der Waals surface area contributed by atoms with Crippen LogP contribution in [0.5, 0.6) is 0 Å². The highest BCUT2D eigenvalue weighted by atomic mass is 16.1. The molecule has 0 saturated heterocycles. The van der Waals surface area contributed by atoms with Gasteiger partial charge in [-0.25, -0.2) is 0 Å². The highest BCUT2D eigenvalue weighted by molar-refractivity contribution is 5.68. The molecule has 8 nitrogen and oxygen atoms in total. The third-order valence-electron chi connectivity index (χ3n) is 5.65. The van der Waals surface area contributed by atoms with Gasteiger partial charge in [0.25, 0.3) is 5.56 Å². The Balaban J connectivity index is 1.36. The van der Waals surface area contributed by atoms with Crippen molar-refractivity contribution in [2.24, 2.45) is 7.05 Å². The second kappa shape index (κ2) is 8.31. The van der Waals surface area contributed by atoms with E-state index in [0.717, 1.165) is 16.8 Å². The van der Waals surface area contributed by atoms with E-state index < -0.39 is 0 Å². The lowest BCUT2D eigenvalue weighted by atomic mass is 9.99. The summed E-state index contributed by atoms with van der Waals surface area (Å²) in [6.45, 7) is 4.69. The molecule has 33 heavy (non-hydrogen) atoms. The van der Waals surface area contributed by atoms with E-state index in [0.29, 0.717) is 29.3 Å². The van der Waals surface area contributed by atoms with Crippen LogP contribution in [0.25, 0.3) is 27.9 Å². The Morgan fingerprint density at radius 3 is 2.67 bits per heavy atom. The van der Waals surface area contributed by atoms with Crippen molar-refractivity contribution in [3.05, 3.63) is 94.3 Å². The maximum Gasteiger partial charge on any atom is 0.258 e. The smallest absolute Gasteiger partial charge is 0.258 e. The van der Waals surface area contributed by atoms with Crippen LogP contribution in [-0.4, -0.2) is 29.4 Å². The van der Waals surface area contributed by atoms with Crippen LogP contribution >= 0.6 is 0 Å². The summed E-state index contributed by atoms with van der Waals surface area (Å²) >= 11 is 0. The normalized spacial score (nSPS) is 11.1. The number of nitrogens with one attached hydrogen (secondary N) is 1. The molecule has 0 radical (unpaired) electrons. The second-order valence-electron chi connectivity index (χ2n) is 8.06. The van der Waals surface area contributed by atoms with E-state index in [1.54, 1.807) is 34.6 Å². The average Bonchev–Trinajstić information content (AvgIpc) is 3.22. The SMILES string of the molecule is Cc1cc(-c2ccc(CNc3nnc4cc(-c5cccn(C)c5=O)cnn34)cc2C)ccn1. The third kappa shape index (κ3) is 3.98. The van der Waals surface area contributed by atoms with Crippen LogP contribution in [0.1, 0.15) is 16.8 Å². The lowest BCUT2D eigenvalue weighted by Crippen LogP contribution is -2.17. The van der Waals surface area contributed by atoms with Gasteiger partial charge in [-0.05, 0) is 66.4 Å². The first-order valence-corrected chi connectivity index (χ1v) is 10.6. The number of rotatable bonds is 5. The Bertz CT molecular complexity index is 1530. The topological polar surface area (TPSA) is 90.0 Å². The van der Waals surface area contributed by atoms with Gasteiger partial charge < -0.3 is 9.88 Å². The fourth-order valence-corrected chi connectivity index (χ4v) is 3.92. The minimum absolute atomic E-state index is 0.0812. The van der Waals surface area contributed by atoms with E-state index in [9.17, 15) is 4.79 Å². The zero-order valence-corrected chi connectivity index (χ0v) is 18.6. The molecule has 0 unspecified atom stereocenters. The molecule has 0 spiro atoms. The van der Waals surface area contributed by atoms with Gasteiger partial charge in [0, 0.05) is 42.8 Å². The summed E-state index contributed by atoms with van der Waals surface area (Å²) in [4.78, 5) is 16.7. The minimum Gasteiger partial charge on any atom is -0.349 e. The van der Waals surface area contributed by atoms with Crippen molar-refractivity contribution in [2.75, 3.05) is 5.32 Å². The Morgan fingerprint density at radius 2 is 1.85 bits per heavy atom. The maximum atomic E-state index is 12.4. The van der Waals surface area contributed by atoms with Crippen molar-refractivity contribution in [2.45, 2.75) is 20.4 Å². The van der Waals surface area contributed by atoms with Gasteiger partial charge >= 0.3 is 0 Å². The molecular weight excluding hydrogens is 414 g/mol. The molecule has 0 aliphatic rings. The number of hydrogen-bond donors (Lipinski definition) is 1. The zero-order valence-electron chi connectivity index (χ0n) is 18.6. The molecule has 4 aromatic heterocycles. The summed E-state index contributed by atoms with van der Waals surface area (Å²) in [5, 5.41) is 16.2. The van der Waals surface area contributed by atoms with Crippen molar-refractivity contribution in [1.82, 2.24) is 29.4 Å². The van der Waals surface area contributed by atoms with Gasteiger partial charge in [0.15, 0.2) is 5.65 Å². The largest absolute Gasteiger partial charge is 0.349 e. The standard InChI is InChI=1S/C25H23N7O/c1-16-11-18(6-7-21(16)19-8-9-26-17(2)12-19)14-27-25-30-29-23-13-20(15-28-32(23)25)22-5-4-10-31(3)24(22)33/h4-13,15H,14H2,1-3H3,(H,27,30). The summed E-state index contributed by atoms with van der Waals surface area (Å²) in [6.07, 6.45) is 5.22. The lowest BCUT2D eigenvalue weighted by Gasteiger charge is -2.10. The summed E-state index contributed by atoms with van der Waals surface area (Å²) in [5.74, 6) is 0.545. The van der Waals surface area contributed by atoms with Crippen molar-refractivity contribution in [3.8, 4) is 22.3 Å². The predicted molar refractivity (Wildman–Crippen MR) is 128 cm³/mol. The highest BCUT2D eigenvalue weighted by Crippen LogP contribution is 2.25. The van der Waals surface area contributed by atoms with E-state index in [1.165, 1.54) is 11.1 Å². The molecule has 0 bridgehead atoms. The summed E-state index contributed by atoms with van der Waals surface area (Å²) in [5.41, 5.74) is 7.45. The Hall–Kier alpha value is -4.33. The molecule has 8 heteroatoms. The molecule has 5 rings (SSSR count). The van der Waals surface area contributed by atoms with Crippen molar-refractivity contribution in [1.29, 1.82) is 0 Å². The molecule has 1 N–H and O–H groups in total. The third-order valence-corrected chi connectivity index (χ3v) is 5.65. The van der Waals surface area contributed by atoms with E-state index in [-0.39, 0.29) is 5.56 Å². The number of hydrogen-bond acceptors (Lipinski definition) is 6. The lowest BCUT2D eigenvalue weighted by molar-refractivity contribution is 0.861.